The van der Waals surface area contributed by atoms with Crippen LogP contribution in [0.4, 0.5) is 0 Å². The molecule has 29 heavy (non-hydrogen) atoms. The van der Waals surface area contributed by atoms with Gasteiger partial charge in [-0.15, -0.1) is 35.3 Å². The smallest absolute Gasteiger partial charge is 0.236 e. The fourth-order valence-electron chi connectivity index (χ4n) is 2.51. The molecule has 2 N–H and O–H groups in total. The second-order valence-electron chi connectivity index (χ2n) is 5.88. The van der Waals surface area contributed by atoms with Gasteiger partial charge < -0.3 is 19.8 Å². The van der Waals surface area contributed by atoms with Crippen LogP contribution < -0.4 is 15.4 Å². The average molecular weight is 524 g/mol. The van der Waals surface area contributed by atoms with Crippen LogP contribution in [0.5, 0.6) is 5.75 Å². The number of thiophene rings is 1. The standard InChI is InChI=1S/C21H24N4O2S.HI/c1-3-11-26-18-9-6-5-8-16(18)13-23-21(22-4-2)24-14-17-15-27-20(25-17)19-10-7-12-28-19;/h3,5-10,12,15H,1,4,11,13-14H2,2H3,(H2,22,23,24);1H. The van der Waals surface area contributed by atoms with Crippen molar-refractivity contribution in [3.8, 4) is 16.5 Å². The van der Waals surface area contributed by atoms with E-state index in [1.807, 2.05) is 48.7 Å². The van der Waals surface area contributed by atoms with Crippen molar-refractivity contribution in [3.63, 3.8) is 0 Å². The van der Waals surface area contributed by atoms with Crippen LogP contribution in [-0.4, -0.2) is 24.1 Å². The van der Waals surface area contributed by atoms with Crippen LogP contribution in [-0.2, 0) is 13.1 Å². The maximum Gasteiger partial charge on any atom is 0.236 e. The SMILES string of the molecule is C=CCOc1ccccc1CN=C(NCC)NCc1coc(-c2cccs2)n1.I. The van der Waals surface area contributed by atoms with Gasteiger partial charge in [-0.1, -0.05) is 36.9 Å². The normalized spacial score (nSPS) is 10.9. The lowest BCUT2D eigenvalue weighted by molar-refractivity contribution is 0.359. The average Bonchev–Trinajstić information content (AvgIpc) is 3.41. The Hall–Kier alpha value is -2.33. The van der Waals surface area contributed by atoms with Gasteiger partial charge in [0.05, 0.1) is 23.7 Å². The molecule has 0 bridgehead atoms. The van der Waals surface area contributed by atoms with Crippen molar-refractivity contribution < 1.29 is 9.15 Å². The summed E-state index contributed by atoms with van der Waals surface area (Å²) in [6.07, 6.45) is 3.40. The van der Waals surface area contributed by atoms with E-state index in [1.165, 1.54) is 0 Å². The van der Waals surface area contributed by atoms with Crippen molar-refractivity contribution >= 4 is 41.3 Å². The second kappa shape index (κ2) is 12.3. The Morgan fingerprint density at radius 2 is 2.14 bits per heavy atom. The fraction of sp³-hybridized carbons (Fsp3) is 0.238. The van der Waals surface area contributed by atoms with Crippen LogP contribution in [0.15, 0.2) is 70.1 Å². The summed E-state index contributed by atoms with van der Waals surface area (Å²) in [6.45, 7) is 7.98. The zero-order valence-electron chi connectivity index (χ0n) is 16.3. The zero-order valence-corrected chi connectivity index (χ0v) is 19.4. The molecule has 0 amide bonds. The number of guanidine groups is 1. The number of oxazole rings is 1. The number of nitrogens with zero attached hydrogens (tertiary/aromatic N) is 2. The molecule has 2 heterocycles. The predicted octanol–water partition coefficient (Wildman–Crippen LogP) is 4.84. The Morgan fingerprint density at radius 3 is 2.90 bits per heavy atom. The van der Waals surface area contributed by atoms with Gasteiger partial charge in [-0.25, -0.2) is 9.98 Å². The lowest BCUT2D eigenvalue weighted by Gasteiger charge is -2.12. The highest BCUT2D eigenvalue weighted by Crippen LogP contribution is 2.23. The molecule has 0 aliphatic heterocycles. The molecule has 0 aliphatic rings. The van der Waals surface area contributed by atoms with Gasteiger partial charge >= 0.3 is 0 Å². The molecular weight excluding hydrogens is 499 g/mol. The van der Waals surface area contributed by atoms with Crippen LogP contribution in [0.2, 0.25) is 0 Å². The van der Waals surface area contributed by atoms with Crippen molar-refractivity contribution in [1.82, 2.24) is 15.6 Å². The summed E-state index contributed by atoms with van der Waals surface area (Å²) in [5.74, 6) is 2.17. The Bertz CT molecular complexity index is 909. The van der Waals surface area contributed by atoms with E-state index in [4.69, 9.17) is 9.15 Å². The molecule has 3 rings (SSSR count). The number of para-hydroxylation sites is 1. The summed E-state index contributed by atoms with van der Waals surface area (Å²) in [5, 5.41) is 8.54. The molecule has 2 aromatic heterocycles. The molecule has 1 aromatic carbocycles. The van der Waals surface area contributed by atoms with Crippen LogP contribution in [0.1, 0.15) is 18.2 Å². The summed E-state index contributed by atoms with van der Waals surface area (Å²) >= 11 is 1.60. The van der Waals surface area contributed by atoms with Gasteiger partial charge in [0, 0.05) is 12.1 Å². The Labute approximate surface area is 192 Å². The molecule has 0 saturated heterocycles. The maximum absolute atomic E-state index is 5.70. The summed E-state index contributed by atoms with van der Waals surface area (Å²) in [7, 11) is 0. The Kier molecular flexibility index (Phi) is 9.72. The van der Waals surface area contributed by atoms with Gasteiger partial charge in [0.25, 0.3) is 0 Å². The van der Waals surface area contributed by atoms with E-state index in [-0.39, 0.29) is 24.0 Å². The molecule has 0 radical (unpaired) electrons. The number of nitrogens with one attached hydrogen (secondary N) is 2. The highest BCUT2D eigenvalue weighted by atomic mass is 127. The number of hydrogen-bond acceptors (Lipinski definition) is 5. The molecule has 6 nitrogen and oxygen atoms in total. The molecule has 0 atom stereocenters. The third-order valence-electron chi connectivity index (χ3n) is 3.80. The molecule has 0 saturated carbocycles. The number of hydrogen-bond donors (Lipinski definition) is 2. The number of rotatable bonds is 9. The summed E-state index contributed by atoms with van der Waals surface area (Å²) in [5.41, 5.74) is 1.84. The fourth-order valence-corrected chi connectivity index (χ4v) is 3.16. The van der Waals surface area contributed by atoms with Crippen molar-refractivity contribution in [2.45, 2.75) is 20.0 Å². The van der Waals surface area contributed by atoms with E-state index in [0.717, 1.165) is 28.4 Å². The minimum Gasteiger partial charge on any atom is -0.489 e. The van der Waals surface area contributed by atoms with E-state index < -0.39 is 0 Å². The number of halogens is 1. The second-order valence-corrected chi connectivity index (χ2v) is 6.83. The molecule has 154 valence electrons. The first-order valence-corrected chi connectivity index (χ1v) is 10.00. The lowest BCUT2D eigenvalue weighted by Crippen LogP contribution is -2.36. The van der Waals surface area contributed by atoms with Gasteiger partial charge in [0.2, 0.25) is 5.89 Å². The van der Waals surface area contributed by atoms with Crippen LogP contribution >= 0.6 is 35.3 Å². The first-order chi connectivity index (χ1) is 13.8. The molecule has 0 spiro atoms. The monoisotopic (exact) mass is 524 g/mol. The zero-order chi connectivity index (χ0) is 19.6. The summed E-state index contributed by atoms with van der Waals surface area (Å²) in [4.78, 5) is 10.2. The Morgan fingerprint density at radius 1 is 1.28 bits per heavy atom. The molecular formula is C21H25IN4O2S. The molecule has 0 fully saturated rings. The quantitative estimate of drug-likeness (QED) is 0.182. The van der Waals surface area contributed by atoms with Crippen molar-refractivity contribution in [1.29, 1.82) is 0 Å². The van der Waals surface area contributed by atoms with Gasteiger partial charge in [0.15, 0.2) is 5.96 Å². The predicted molar refractivity (Wildman–Crippen MR) is 129 cm³/mol. The van der Waals surface area contributed by atoms with Gasteiger partial charge in [-0.05, 0) is 24.4 Å². The minimum absolute atomic E-state index is 0. The van der Waals surface area contributed by atoms with Crippen molar-refractivity contribution in [2.75, 3.05) is 13.2 Å². The van der Waals surface area contributed by atoms with E-state index >= 15 is 0 Å². The molecule has 8 heteroatoms. The van der Waals surface area contributed by atoms with Crippen LogP contribution in [0.25, 0.3) is 10.8 Å². The van der Waals surface area contributed by atoms with Gasteiger partial charge in [-0.3, -0.25) is 0 Å². The molecule has 0 aliphatic carbocycles. The van der Waals surface area contributed by atoms with Crippen molar-refractivity contribution in [3.05, 3.63) is 72.0 Å². The number of ether oxygens (including phenoxy) is 1. The number of aliphatic imine (C=N–C) groups is 1. The highest BCUT2D eigenvalue weighted by molar-refractivity contribution is 14.0. The van der Waals surface area contributed by atoms with Crippen molar-refractivity contribution in [2.24, 2.45) is 4.99 Å². The highest BCUT2D eigenvalue weighted by Gasteiger charge is 2.08. The maximum atomic E-state index is 5.70. The third-order valence-corrected chi connectivity index (χ3v) is 4.66. The third kappa shape index (κ3) is 6.90. The van der Waals surface area contributed by atoms with E-state index in [0.29, 0.717) is 31.5 Å². The van der Waals surface area contributed by atoms with E-state index in [9.17, 15) is 0 Å². The van der Waals surface area contributed by atoms with Crippen LogP contribution in [0.3, 0.4) is 0 Å². The first-order valence-electron chi connectivity index (χ1n) is 9.12. The first kappa shape index (κ1) is 23.0. The van der Waals surface area contributed by atoms with Gasteiger partial charge in [-0.2, -0.15) is 0 Å². The number of benzene rings is 1. The van der Waals surface area contributed by atoms with E-state index in [1.54, 1.807) is 23.7 Å². The number of aromatic nitrogens is 1. The summed E-state index contributed by atoms with van der Waals surface area (Å²) < 4.78 is 11.3. The van der Waals surface area contributed by atoms with Crippen LogP contribution in [0, 0.1) is 0 Å². The largest absolute Gasteiger partial charge is 0.489 e. The molecule has 0 unspecified atom stereocenters. The summed E-state index contributed by atoms with van der Waals surface area (Å²) in [6, 6.07) is 11.9. The Balaban J connectivity index is 0.00000300. The van der Waals surface area contributed by atoms with E-state index in [2.05, 4.69) is 27.2 Å². The topological polar surface area (TPSA) is 71.7 Å². The lowest BCUT2D eigenvalue weighted by atomic mass is 10.2. The van der Waals surface area contributed by atoms with Gasteiger partial charge in [0.1, 0.15) is 18.6 Å². The minimum atomic E-state index is 0. The molecule has 3 aromatic rings.